The van der Waals surface area contributed by atoms with Crippen molar-refractivity contribution in [1.29, 1.82) is 0 Å². The molecule has 2 rings (SSSR count). The summed E-state index contributed by atoms with van der Waals surface area (Å²) in [6.45, 7) is 18.2. The molecule has 0 aromatic heterocycles. The molecule has 0 saturated heterocycles. The lowest BCUT2D eigenvalue weighted by Crippen LogP contribution is -2.43. The van der Waals surface area contributed by atoms with Gasteiger partial charge in [0.2, 0.25) is 0 Å². The summed E-state index contributed by atoms with van der Waals surface area (Å²) < 4.78 is 0. The monoisotopic (exact) mass is 264 g/mol. The lowest BCUT2D eigenvalue weighted by molar-refractivity contribution is 0.151. The summed E-state index contributed by atoms with van der Waals surface area (Å²) in [5.74, 6) is 0. The zero-order valence-electron chi connectivity index (χ0n) is 13.7. The largest absolute Gasteiger partial charge is 0.295 e. The van der Waals surface area contributed by atoms with Gasteiger partial charge in [-0.15, -0.1) is 0 Å². The fraction of sp³-hybridized carbons (Fsp3) is 0.765. The molecule has 0 N–H and O–H groups in total. The Morgan fingerprint density at radius 2 is 1.05 bits per heavy atom. The minimum absolute atomic E-state index is 0.351. The third kappa shape index (κ3) is 5.92. The van der Waals surface area contributed by atoms with Crippen molar-refractivity contribution < 1.29 is 0 Å². The summed E-state index contributed by atoms with van der Waals surface area (Å²) in [4.78, 5) is 4.93. The highest BCUT2D eigenvalue weighted by Gasteiger charge is 2.21. The fourth-order valence-corrected chi connectivity index (χ4v) is 2.28. The molecular weight excluding hydrogens is 232 g/mol. The Morgan fingerprint density at radius 3 is 1.32 bits per heavy atom. The normalized spacial score (nSPS) is 21.4. The highest BCUT2D eigenvalue weighted by Crippen LogP contribution is 2.16. The Labute approximate surface area is 120 Å². The highest BCUT2D eigenvalue weighted by molar-refractivity contribution is 4.99. The topological polar surface area (TPSA) is 6.48 Å². The first-order chi connectivity index (χ1) is 8.71. The average molecular weight is 264 g/mol. The van der Waals surface area contributed by atoms with Crippen LogP contribution in [0, 0.1) is 0 Å². The lowest BCUT2D eigenvalue weighted by atomic mass is 10.0. The van der Waals surface area contributed by atoms with E-state index < -0.39 is 0 Å². The number of nitrogens with zero attached hydrogens (tertiary/aromatic N) is 2. The molecule has 0 saturated carbocycles. The Kier molecular flexibility index (Phi) is 5.82. The SMILES string of the molecule is CC(C)(C)N1CC=CC1.CC(C)(C)N1CC=CCC1. The lowest BCUT2D eigenvalue weighted by Gasteiger charge is -2.36. The van der Waals surface area contributed by atoms with Crippen molar-refractivity contribution in [1.82, 2.24) is 9.80 Å². The third-order valence-corrected chi connectivity index (χ3v) is 3.77. The second-order valence-corrected chi connectivity index (χ2v) is 7.42. The van der Waals surface area contributed by atoms with Crippen LogP contribution >= 0.6 is 0 Å². The van der Waals surface area contributed by atoms with E-state index in [2.05, 4.69) is 75.6 Å². The molecule has 0 aliphatic carbocycles. The van der Waals surface area contributed by atoms with Crippen LogP contribution in [0.1, 0.15) is 48.0 Å². The molecule has 19 heavy (non-hydrogen) atoms. The second kappa shape index (κ2) is 6.71. The first-order valence-electron chi connectivity index (χ1n) is 7.51. The van der Waals surface area contributed by atoms with Crippen molar-refractivity contribution in [3.05, 3.63) is 24.3 Å². The average Bonchev–Trinajstić information content (AvgIpc) is 2.83. The molecule has 2 aliphatic heterocycles. The quantitative estimate of drug-likeness (QED) is 0.616. The molecule has 0 aromatic carbocycles. The van der Waals surface area contributed by atoms with Crippen LogP contribution < -0.4 is 0 Å². The minimum atomic E-state index is 0.351. The minimum Gasteiger partial charge on any atom is -0.295 e. The van der Waals surface area contributed by atoms with Gasteiger partial charge in [0.15, 0.2) is 0 Å². The predicted octanol–water partition coefficient (Wildman–Crippen LogP) is 3.70. The Hall–Kier alpha value is -0.600. The summed E-state index contributed by atoms with van der Waals surface area (Å²) in [6.07, 6.45) is 10.2. The molecule has 0 bridgehead atoms. The van der Waals surface area contributed by atoms with Crippen LogP contribution in [0.4, 0.5) is 0 Å². The standard InChI is InChI=1S/C9H17N.C8H15N/c1-9(2,3)10-7-5-4-6-8-10;1-8(2,3)9-6-4-5-7-9/h4-5H,6-8H2,1-3H3;4-5H,6-7H2,1-3H3. The molecule has 110 valence electrons. The van der Waals surface area contributed by atoms with Gasteiger partial charge in [-0.1, -0.05) is 24.3 Å². The smallest absolute Gasteiger partial charge is 0.0172 e. The highest BCUT2D eigenvalue weighted by atomic mass is 15.2. The van der Waals surface area contributed by atoms with Crippen molar-refractivity contribution in [3.8, 4) is 0 Å². The van der Waals surface area contributed by atoms with Gasteiger partial charge < -0.3 is 0 Å². The number of hydrogen-bond acceptors (Lipinski definition) is 2. The zero-order valence-corrected chi connectivity index (χ0v) is 13.7. The van der Waals surface area contributed by atoms with Gasteiger partial charge in [-0.3, -0.25) is 9.80 Å². The van der Waals surface area contributed by atoms with Crippen LogP contribution in [0.15, 0.2) is 24.3 Å². The van der Waals surface area contributed by atoms with Crippen LogP contribution in [0.25, 0.3) is 0 Å². The van der Waals surface area contributed by atoms with Gasteiger partial charge in [0.25, 0.3) is 0 Å². The van der Waals surface area contributed by atoms with Crippen LogP contribution in [-0.2, 0) is 0 Å². The van der Waals surface area contributed by atoms with E-state index in [1.807, 2.05) is 0 Å². The molecular formula is C17H32N2. The van der Waals surface area contributed by atoms with Gasteiger partial charge in [0, 0.05) is 37.3 Å². The van der Waals surface area contributed by atoms with E-state index >= 15 is 0 Å². The van der Waals surface area contributed by atoms with E-state index in [-0.39, 0.29) is 0 Å². The molecule has 0 atom stereocenters. The van der Waals surface area contributed by atoms with Gasteiger partial charge in [0.1, 0.15) is 0 Å². The van der Waals surface area contributed by atoms with Crippen LogP contribution in [0.2, 0.25) is 0 Å². The summed E-state index contributed by atoms with van der Waals surface area (Å²) in [5.41, 5.74) is 0.703. The van der Waals surface area contributed by atoms with E-state index in [4.69, 9.17) is 0 Å². The van der Waals surface area contributed by atoms with Crippen molar-refractivity contribution in [2.24, 2.45) is 0 Å². The van der Waals surface area contributed by atoms with Gasteiger partial charge in [-0.2, -0.15) is 0 Å². The maximum atomic E-state index is 2.49. The Morgan fingerprint density at radius 1 is 0.632 bits per heavy atom. The van der Waals surface area contributed by atoms with Crippen LogP contribution in [0.5, 0.6) is 0 Å². The Balaban J connectivity index is 0.000000191. The maximum Gasteiger partial charge on any atom is 0.0172 e. The first-order valence-corrected chi connectivity index (χ1v) is 7.51. The Bertz CT molecular complexity index is 307. The molecule has 0 amide bonds. The molecule has 0 unspecified atom stereocenters. The van der Waals surface area contributed by atoms with Gasteiger partial charge in [-0.05, 0) is 48.0 Å². The molecule has 2 heteroatoms. The van der Waals surface area contributed by atoms with Crippen LogP contribution in [0.3, 0.4) is 0 Å². The molecule has 0 fully saturated rings. The summed E-state index contributed by atoms with van der Waals surface area (Å²) in [6, 6.07) is 0. The van der Waals surface area contributed by atoms with Crippen LogP contribution in [-0.4, -0.2) is 47.1 Å². The van der Waals surface area contributed by atoms with Crippen molar-refractivity contribution >= 4 is 0 Å². The molecule has 0 aromatic rings. The van der Waals surface area contributed by atoms with Crippen molar-refractivity contribution in [3.63, 3.8) is 0 Å². The molecule has 2 nitrogen and oxygen atoms in total. The van der Waals surface area contributed by atoms with E-state index in [0.717, 1.165) is 19.6 Å². The van der Waals surface area contributed by atoms with E-state index in [9.17, 15) is 0 Å². The van der Waals surface area contributed by atoms with Gasteiger partial charge in [0.05, 0.1) is 0 Å². The van der Waals surface area contributed by atoms with Crippen molar-refractivity contribution in [2.75, 3.05) is 26.2 Å². The van der Waals surface area contributed by atoms with E-state index in [0.29, 0.717) is 11.1 Å². The van der Waals surface area contributed by atoms with E-state index in [1.165, 1.54) is 13.0 Å². The summed E-state index contributed by atoms with van der Waals surface area (Å²) >= 11 is 0. The molecule has 0 radical (unpaired) electrons. The summed E-state index contributed by atoms with van der Waals surface area (Å²) in [5, 5.41) is 0. The zero-order chi connectivity index (χ0) is 14.5. The third-order valence-electron chi connectivity index (χ3n) is 3.77. The van der Waals surface area contributed by atoms with Gasteiger partial charge in [-0.25, -0.2) is 0 Å². The molecule has 2 heterocycles. The molecule has 2 aliphatic rings. The maximum absolute atomic E-state index is 2.49. The fourth-order valence-electron chi connectivity index (χ4n) is 2.28. The van der Waals surface area contributed by atoms with Crippen molar-refractivity contribution in [2.45, 2.75) is 59.0 Å². The summed E-state index contributed by atoms with van der Waals surface area (Å²) in [7, 11) is 0. The van der Waals surface area contributed by atoms with Gasteiger partial charge >= 0.3 is 0 Å². The second-order valence-electron chi connectivity index (χ2n) is 7.42. The van der Waals surface area contributed by atoms with E-state index in [1.54, 1.807) is 0 Å². The molecule has 0 spiro atoms. The predicted molar refractivity (Wildman–Crippen MR) is 85.5 cm³/mol. The number of rotatable bonds is 0. The first kappa shape index (κ1) is 16.5. The number of hydrogen-bond donors (Lipinski definition) is 0.